The second-order valence-electron chi connectivity index (χ2n) is 5.34. The smallest absolute Gasteiger partial charge is 0.255 e. The zero-order valence-corrected chi connectivity index (χ0v) is 11.6. The molecule has 1 aromatic heterocycles. The van der Waals surface area contributed by atoms with Crippen molar-refractivity contribution < 1.29 is 9.21 Å². The molecule has 104 valence electrons. The molecular weight excluding hydrogens is 252 g/mol. The van der Waals surface area contributed by atoms with Gasteiger partial charge in [-0.05, 0) is 37.5 Å². The van der Waals surface area contributed by atoms with Gasteiger partial charge in [-0.2, -0.15) is 0 Å². The molecule has 2 atom stereocenters. The van der Waals surface area contributed by atoms with E-state index in [0.717, 1.165) is 17.7 Å². The summed E-state index contributed by atoms with van der Waals surface area (Å²) in [6, 6.07) is 9.62. The van der Waals surface area contributed by atoms with Crippen LogP contribution in [0.2, 0.25) is 0 Å². The molecule has 3 N–H and O–H groups in total. The van der Waals surface area contributed by atoms with Crippen LogP contribution in [0.3, 0.4) is 0 Å². The van der Waals surface area contributed by atoms with E-state index in [-0.39, 0.29) is 18.0 Å². The van der Waals surface area contributed by atoms with Crippen LogP contribution in [0, 0.1) is 13.8 Å². The number of fused-ring (bicyclic) bond motifs is 1. The van der Waals surface area contributed by atoms with E-state index in [1.54, 1.807) is 13.0 Å². The molecule has 2 aromatic rings. The van der Waals surface area contributed by atoms with Gasteiger partial charge in [-0.15, -0.1) is 0 Å². The average Bonchev–Trinajstić information content (AvgIpc) is 2.90. The molecule has 0 bridgehead atoms. The lowest BCUT2D eigenvalue weighted by atomic mass is 10.1. The van der Waals surface area contributed by atoms with Gasteiger partial charge in [0.15, 0.2) is 0 Å². The predicted molar refractivity (Wildman–Crippen MR) is 76.5 cm³/mol. The number of rotatable bonds is 2. The molecular formula is C16H18N2O2. The molecule has 4 heteroatoms. The number of carbonyl (C=O) groups excluding carboxylic acids is 1. The minimum Gasteiger partial charge on any atom is -0.466 e. The van der Waals surface area contributed by atoms with Gasteiger partial charge in [0.1, 0.15) is 11.5 Å². The van der Waals surface area contributed by atoms with Gasteiger partial charge in [-0.25, -0.2) is 0 Å². The first-order chi connectivity index (χ1) is 9.56. The van der Waals surface area contributed by atoms with Crippen LogP contribution in [0.5, 0.6) is 0 Å². The number of carbonyl (C=O) groups is 1. The molecule has 0 radical (unpaired) electrons. The van der Waals surface area contributed by atoms with Gasteiger partial charge >= 0.3 is 0 Å². The van der Waals surface area contributed by atoms with Crippen molar-refractivity contribution in [3.8, 4) is 0 Å². The van der Waals surface area contributed by atoms with Gasteiger partial charge in [0.2, 0.25) is 0 Å². The van der Waals surface area contributed by atoms with E-state index >= 15 is 0 Å². The Balaban J connectivity index is 1.85. The topological polar surface area (TPSA) is 68.3 Å². The number of aryl methyl sites for hydroxylation is 2. The van der Waals surface area contributed by atoms with Crippen molar-refractivity contribution in [2.24, 2.45) is 5.73 Å². The fourth-order valence-corrected chi connectivity index (χ4v) is 2.89. The minimum atomic E-state index is -0.131. The molecule has 1 aliphatic carbocycles. The molecule has 0 saturated heterocycles. The Bertz CT molecular complexity index is 660. The Morgan fingerprint density at radius 1 is 1.35 bits per heavy atom. The van der Waals surface area contributed by atoms with Crippen LogP contribution in [0.1, 0.15) is 39.0 Å². The Kier molecular flexibility index (Phi) is 3.10. The van der Waals surface area contributed by atoms with Crippen LogP contribution in [0.25, 0.3) is 0 Å². The summed E-state index contributed by atoms with van der Waals surface area (Å²) in [6.07, 6.45) is 0.796. The lowest BCUT2D eigenvalue weighted by molar-refractivity contribution is 0.0931. The summed E-state index contributed by atoms with van der Waals surface area (Å²) < 4.78 is 5.40. The number of hydrogen-bond donors (Lipinski definition) is 2. The maximum atomic E-state index is 12.4. The fourth-order valence-electron chi connectivity index (χ4n) is 2.89. The van der Waals surface area contributed by atoms with E-state index in [1.165, 1.54) is 5.56 Å². The van der Waals surface area contributed by atoms with Crippen LogP contribution in [-0.2, 0) is 6.42 Å². The largest absolute Gasteiger partial charge is 0.466 e. The number of nitrogens with one attached hydrogen (secondary N) is 1. The second-order valence-corrected chi connectivity index (χ2v) is 5.34. The molecule has 4 nitrogen and oxygen atoms in total. The summed E-state index contributed by atoms with van der Waals surface area (Å²) >= 11 is 0. The van der Waals surface area contributed by atoms with E-state index < -0.39 is 0 Å². The Morgan fingerprint density at radius 3 is 2.80 bits per heavy atom. The molecule has 20 heavy (non-hydrogen) atoms. The zero-order chi connectivity index (χ0) is 14.3. The third-order valence-electron chi connectivity index (χ3n) is 3.85. The summed E-state index contributed by atoms with van der Waals surface area (Å²) in [5.41, 5.74) is 9.07. The van der Waals surface area contributed by atoms with Crippen molar-refractivity contribution in [3.63, 3.8) is 0 Å². The van der Waals surface area contributed by atoms with E-state index in [2.05, 4.69) is 11.4 Å². The highest BCUT2D eigenvalue weighted by atomic mass is 16.3. The Hall–Kier alpha value is -2.07. The third kappa shape index (κ3) is 2.12. The van der Waals surface area contributed by atoms with Crippen molar-refractivity contribution in [2.75, 3.05) is 0 Å². The molecule has 0 spiro atoms. The van der Waals surface area contributed by atoms with Crippen LogP contribution in [0.4, 0.5) is 0 Å². The molecule has 1 aromatic carbocycles. The molecule has 3 rings (SSSR count). The van der Waals surface area contributed by atoms with Crippen LogP contribution in [0.15, 0.2) is 34.7 Å². The van der Waals surface area contributed by atoms with Crippen molar-refractivity contribution in [2.45, 2.75) is 32.4 Å². The maximum absolute atomic E-state index is 12.4. The first kappa shape index (κ1) is 12.9. The highest BCUT2D eigenvalue weighted by Gasteiger charge is 2.31. The molecule has 0 aliphatic heterocycles. The summed E-state index contributed by atoms with van der Waals surface area (Å²) in [6.45, 7) is 3.63. The fraction of sp³-hybridized carbons (Fsp3) is 0.312. The van der Waals surface area contributed by atoms with Gasteiger partial charge in [-0.3, -0.25) is 4.79 Å². The van der Waals surface area contributed by atoms with Crippen molar-refractivity contribution >= 4 is 5.91 Å². The van der Waals surface area contributed by atoms with Gasteiger partial charge < -0.3 is 15.5 Å². The lowest BCUT2D eigenvalue weighted by Crippen LogP contribution is -2.38. The normalized spacial score (nSPS) is 20.8. The Morgan fingerprint density at radius 2 is 2.10 bits per heavy atom. The zero-order valence-electron chi connectivity index (χ0n) is 11.6. The van der Waals surface area contributed by atoms with Gasteiger partial charge in [0.25, 0.3) is 5.91 Å². The summed E-state index contributed by atoms with van der Waals surface area (Å²) in [4.78, 5) is 12.4. The molecule has 2 unspecified atom stereocenters. The number of amides is 1. The maximum Gasteiger partial charge on any atom is 0.255 e. The highest BCUT2D eigenvalue weighted by Crippen LogP contribution is 2.30. The summed E-state index contributed by atoms with van der Waals surface area (Å²) in [5, 5.41) is 3.03. The first-order valence-electron chi connectivity index (χ1n) is 6.77. The quantitative estimate of drug-likeness (QED) is 0.879. The minimum absolute atomic E-state index is 0.0790. The monoisotopic (exact) mass is 270 g/mol. The van der Waals surface area contributed by atoms with Crippen molar-refractivity contribution in [1.82, 2.24) is 5.32 Å². The SMILES string of the molecule is Cc1cc(C(=O)NC2c3ccccc3CC2N)c(C)o1. The number of benzene rings is 1. The lowest BCUT2D eigenvalue weighted by Gasteiger charge is -2.18. The van der Waals surface area contributed by atoms with Crippen LogP contribution in [-0.4, -0.2) is 11.9 Å². The summed E-state index contributed by atoms with van der Waals surface area (Å²) in [7, 11) is 0. The van der Waals surface area contributed by atoms with E-state index in [1.807, 2.05) is 25.1 Å². The van der Waals surface area contributed by atoms with Crippen molar-refractivity contribution in [1.29, 1.82) is 0 Å². The third-order valence-corrected chi connectivity index (χ3v) is 3.85. The molecule has 1 amide bonds. The predicted octanol–water partition coefficient (Wildman–Crippen LogP) is 2.25. The highest BCUT2D eigenvalue weighted by molar-refractivity contribution is 5.95. The number of hydrogen-bond acceptors (Lipinski definition) is 3. The molecule has 0 fully saturated rings. The van der Waals surface area contributed by atoms with Crippen molar-refractivity contribution in [3.05, 3.63) is 58.5 Å². The average molecular weight is 270 g/mol. The standard InChI is InChI=1S/C16H18N2O2/c1-9-7-13(10(2)20-9)16(19)18-15-12-6-4-3-5-11(12)8-14(15)17/h3-7,14-15H,8,17H2,1-2H3,(H,18,19). The van der Waals surface area contributed by atoms with Gasteiger partial charge in [0, 0.05) is 6.04 Å². The van der Waals surface area contributed by atoms with Crippen LogP contribution >= 0.6 is 0 Å². The Labute approximate surface area is 118 Å². The molecule has 0 saturated carbocycles. The van der Waals surface area contributed by atoms with E-state index in [4.69, 9.17) is 10.2 Å². The van der Waals surface area contributed by atoms with E-state index in [0.29, 0.717) is 11.3 Å². The number of nitrogens with two attached hydrogens (primary N) is 1. The van der Waals surface area contributed by atoms with Crippen LogP contribution < -0.4 is 11.1 Å². The summed E-state index contributed by atoms with van der Waals surface area (Å²) in [5.74, 6) is 1.25. The molecule has 1 aliphatic rings. The van der Waals surface area contributed by atoms with Gasteiger partial charge in [-0.1, -0.05) is 24.3 Å². The van der Waals surface area contributed by atoms with E-state index in [9.17, 15) is 4.79 Å². The first-order valence-corrected chi connectivity index (χ1v) is 6.77. The van der Waals surface area contributed by atoms with Gasteiger partial charge in [0.05, 0.1) is 11.6 Å². The second kappa shape index (κ2) is 4.80. The molecule has 1 heterocycles. The number of furan rings is 1.